The summed E-state index contributed by atoms with van der Waals surface area (Å²) >= 11 is 6.21. The first-order valence-electron chi connectivity index (χ1n) is 12.9. The number of fused-ring (bicyclic) bond motifs is 1. The summed E-state index contributed by atoms with van der Waals surface area (Å²) in [5, 5.41) is 3.90. The Balaban J connectivity index is 1.83. The highest BCUT2D eigenvalue weighted by Crippen LogP contribution is 2.39. The van der Waals surface area contributed by atoms with E-state index in [2.05, 4.69) is 9.50 Å². The first-order chi connectivity index (χ1) is 19.9. The van der Waals surface area contributed by atoms with Crippen molar-refractivity contribution in [3.63, 3.8) is 0 Å². The number of carbonyl (C=O) groups excluding carboxylic acids is 1. The second-order valence-electron chi connectivity index (χ2n) is 10.3. The van der Waals surface area contributed by atoms with Crippen LogP contribution in [0.3, 0.4) is 0 Å². The van der Waals surface area contributed by atoms with Gasteiger partial charge < -0.3 is 13.9 Å². The van der Waals surface area contributed by atoms with Gasteiger partial charge in [0.05, 0.1) is 17.0 Å². The minimum absolute atomic E-state index is 0.00749. The maximum absolute atomic E-state index is 15.0. The normalized spacial score (nSPS) is 12.9. The molecule has 1 aromatic heterocycles. The predicted octanol–water partition coefficient (Wildman–Crippen LogP) is 8.21. The van der Waals surface area contributed by atoms with Gasteiger partial charge in [-0.3, -0.25) is 9.59 Å². The first kappa shape index (κ1) is 32.0. The number of aldehydes is 1. The van der Waals surface area contributed by atoms with Gasteiger partial charge in [-0.1, -0.05) is 31.5 Å². The maximum Gasteiger partial charge on any atom is 0.534 e. The highest BCUT2D eigenvalue weighted by atomic mass is 35.5. The molecule has 0 amide bonds. The largest absolute Gasteiger partial charge is 0.534 e. The molecule has 1 atom stereocenters. The molecule has 1 N–H and O–H groups in total. The quantitative estimate of drug-likeness (QED) is 0.0897. The van der Waals surface area contributed by atoms with E-state index < -0.39 is 38.8 Å². The van der Waals surface area contributed by atoms with Crippen molar-refractivity contribution in [3.8, 4) is 16.9 Å². The van der Waals surface area contributed by atoms with Gasteiger partial charge in [0, 0.05) is 33.3 Å². The fraction of sp³-hybridized carbons (Fsp3) is 0.267. The molecule has 228 valence electrons. The van der Waals surface area contributed by atoms with E-state index in [-0.39, 0.29) is 33.8 Å². The summed E-state index contributed by atoms with van der Waals surface area (Å²) in [6, 6.07) is 9.35. The Labute approximate surface area is 249 Å². The predicted molar refractivity (Wildman–Crippen MR) is 156 cm³/mol. The molecule has 0 aliphatic heterocycles. The second kappa shape index (κ2) is 11.6. The average Bonchev–Trinajstić information content (AvgIpc) is 2.91. The number of carbonyl (C=O) groups is 1. The number of benzene rings is 3. The van der Waals surface area contributed by atoms with Gasteiger partial charge in [-0.2, -0.15) is 21.6 Å². The number of halogens is 5. The Morgan fingerprint density at radius 3 is 2.33 bits per heavy atom. The molecule has 0 spiro atoms. The molecule has 13 heteroatoms. The summed E-state index contributed by atoms with van der Waals surface area (Å²) in [4.78, 5) is 24.9. The summed E-state index contributed by atoms with van der Waals surface area (Å²) in [5.41, 5.74) is -3.80. The number of alkyl halides is 3. The molecule has 0 aliphatic rings. The highest BCUT2D eigenvalue weighted by molar-refractivity contribution is 7.88. The van der Waals surface area contributed by atoms with Crippen LogP contribution in [0.1, 0.15) is 65.5 Å². The molecule has 43 heavy (non-hydrogen) atoms. The SMILES string of the molecule is Cc1cc(C(C)Nc2ccc(Cl)cc2-c2cc(F)c(OS(=O)(=O)C(F)(F)F)c(C=O)c2)c2oc(C(C)C)c(C)c(=O)c2c1. The fourth-order valence-electron chi connectivity index (χ4n) is 4.75. The van der Waals surface area contributed by atoms with Crippen LogP contribution < -0.4 is 14.9 Å². The van der Waals surface area contributed by atoms with Crippen molar-refractivity contribution in [2.75, 3.05) is 5.32 Å². The lowest BCUT2D eigenvalue weighted by molar-refractivity contribution is -0.0501. The van der Waals surface area contributed by atoms with Crippen LogP contribution in [-0.4, -0.2) is 20.2 Å². The fourth-order valence-corrected chi connectivity index (χ4v) is 5.41. The Morgan fingerprint density at radius 2 is 1.72 bits per heavy atom. The van der Waals surface area contributed by atoms with E-state index in [1.807, 2.05) is 26.8 Å². The van der Waals surface area contributed by atoms with E-state index in [1.165, 1.54) is 6.07 Å². The van der Waals surface area contributed by atoms with Crippen LogP contribution in [0.15, 0.2) is 51.7 Å². The summed E-state index contributed by atoms with van der Waals surface area (Å²) in [6.07, 6.45) is -0.0245. The zero-order valence-electron chi connectivity index (χ0n) is 23.5. The molecule has 0 saturated heterocycles. The molecule has 0 saturated carbocycles. The van der Waals surface area contributed by atoms with Gasteiger partial charge in [0.15, 0.2) is 23.3 Å². The van der Waals surface area contributed by atoms with Crippen LogP contribution in [0.25, 0.3) is 22.1 Å². The van der Waals surface area contributed by atoms with Gasteiger partial charge in [0.2, 0.25) is 0 Å². The minimum atomic E-state index is -6.24. The average molecular weight is 640 g/mol. The van der Waals surface area contributed by atoms with Crippen LogP contribution in [0, 0.1) is 19.7 Å². The molecule has 1 unspecified atom stereocenters. The molecule has 0 aliphatic carbocycles. The zero-order valence-corrected chi connectivity index (χ0v) is 25.1. The lowest BCUT2D eigenvalue weighted by atomic mass is 9.97. The molecule has 3 aromatic carbocycles. The number of rotatable bonds is 8. The van der Waals surface area contributed by atoms with Crippen molar-refractivity contribution in [1.29, 1.82) is 0 Å². The van der Waals surface area contributed by atoms with E-state index in [9.17, 15) is 31.2 Å². The molecule has 4 aromatic rings. The summed E-state index contributed by atoms with van der Waals surface area (Å²) in [7, 11) is -6.24. The number of hydrogen-bond donors (Lipinski definition) is 1. The third-order valence-electron chi connectivity index (χ3n) is 6.76. The van der Waals surface area contributed by atoms with E-state index in [4.69, 9.17) is 16.0 Å². The second-order valence-corrected chi connectivity index (χ2v) is 12.3. The van der Waals surface area contributed by atoms with Crippen LogP contribution >= 0.6 is 11.6 Å². The van der Waals surface area contributed by atoms with Crippen molar-refractivity contribution in [2.24, 2.45) is 0 Å². The van der Waals surface area contributed by atoms with E-state index in [1.54, 1.807) is 32.0 Å². The van der Waals surface area contributed by atoms with Gasteiger partial charge in [0.25, 0.3) is 0 Å². The van der Waals surface area contributed by atoms with Gasteiger partial charge >= 0.3 is 15.6 Å². The highest BCUT2D eigenvalue weighted by Gasteiger charge is 2.49. The van der Waals surface area contributed by atoms with Crippen molar-refractivity contribution in [1.82, 2.24) is 0 Å². The van der Waals surface area contributed by atoms with Crippen molar-refractivity contribution >= 4 is 44.7 Å². The Morgan fingerprint density at radius 1 is 1.05 bits per heavy atom. The lowest BCUT2D eigenvalue weighted by Crippen LogP contribution is -2.28. The van der Waals surface area contributed by atoms with Crippen molar-refractivity contribution < 1.29 is 39.4 Å². The molecule has 0 fully saturated rings. The van der Waals surface area contributed by atoms with Gasteiger partial charge in [-0.15, -0.1) is 0 Å². The topological polar surface area (TPSA) is 103 Å². The molecule has 1 heterocycles. The van der Waals surface area contributed by atoms with E-state index >= 15 is 4.39 Å². The van der Waals surface area contributed by atoms with Crippen LogP contribution in [0.4, 0.5) is 23.2 Å². The van der Waals surface area contributed by atoms with E-state index in [0.29, 0.717) is 33.5 Å². The van der Waals surface area contributed by atoms with Crippen molar-refractivity contribution in [2.45, 2.75) is 52.1 Å². The molecule has 4 rings (SSSR count). The summed E-state index contributed by atoms with van der Waals surface area (Å²) in [5.74, 6) is -2.42. The summed E-state index contributed by atoms with van der Waals surface area (Å²) < 4.78 is 86.7. The lowest BCUT2D eigenvalue weighted by Gasteiger charge is -2.21. The standard InChI is InChI=1S/C30H26ClF4NO6S/c1-14(2)27-16(4)26(38)23-9-15(3)8-21(29(23)41-27)17(5)36-25-7-6-20(31)12-22(25)18-10-19(13-37)28(24(32)11-18)42-43(39,40)30(33,34)35/h6-14,17,36H,1-5H3. The number of hydrogen-bond acceptors (Lipinski definition) is 7. The maximum atomic E-state index is 15.0. The smallest absolute Gasteiger partial charge is 0.460 e. The van der Waals surface area contributed by atoms with Crippen LogP contribution in [0.2, 0.25) is 5.02 Å². The Kier molecular flexibility index (Phi) is 8.67. The van der Waals surface area contributed by atoms with Gasteiger partial charge in [-0.25, -0.2) is 4.39 Å². The Bertz CT molecular complexity index is 1920. The van der Waals surface area contributed by atoms with Crippen LogP contribution in [0.5, 0.6) is 5.75 Å². The molecule has 0 radical (unpaired) electrons. The molecule has 0 bridgehead atoms. The Hall–Kier alpha value is -3.90. The van der Waals surface area contributed by atoms with Gasteiger partial charge in [-0.05, 0) is 68.3 Å². The first-order valence-corrected chi connectivity index (χ1v) is 14.7. The molecular formula is C30H26ClF4NO6S. The summed E-state index contributed by atoms with van der Waals surface area (Å²) in [6.45, 7) is 9.17. The third-order valence-corrected chi connectivity index (χ3v) is 7.95. The van der Waals surface area contributed by atoms with E-state index in [0.717, 1.165) is 17.7 Å². The van der Waals surface area contributed by atoms with Gasteiger partial charge in [0.1, 0.15) is 11.3 Å². The number of nitrogens with one attached hydrogen (secondary N) is 1. The third kappa shape index (κ3) is 6.25. The number of aryl methyl sites for hydroxylation is 1. The number of anilines is 1. The minimum Gasteiger partial charge on any atom is -0.460 e. The molecule has 7 nitrogen and oxygen atoms in total. The van der Waals surface area contributed by atoms with Crippen LogP contribution in [-0.2, 0) is 10.1 Å². The zero-order chi connectivity index (χ0) is 32.0. The monoisotopic (exact) mass is 639 g/mol. The molecular weight excluding hydrogens is 614 g/mol. The van der Waals surface area contributed by atoms with Crippen molar-refractivity contribution in [3.05, 3.63) is 91.5 Å².